The summed E-state index contributed by atoms with van der Waals surface area (Å²) in [5.41, 5.74) is 0. The Hall–Kier alpha value is -0.810. The molecule has 0 aliphatic heterocycles. The molecule has 1 amide bonds. The molecule has 1 rings (SSSR count). The number of carboxylic acid groups (broad SMARTS) is 1. The van der Waals surface area contributed by atoms with Crippen LogP contribution in [-0.4, -0.2) is 48.1 Å². The van der Waals surface area contributed by atoms with E-state index >= 15 is 0 Å². The number of hydrogen-bond acceptors (Lipinski definition) is 3. The van der Waals surface area contributed by atoms with E-state index in [9.17, 15) is 9.59 Å². The van der Waals surface area contributed by atoms with Crippen LogP contribution in [0.15, 0.2) is 0 Å². The van der Waals surface area contributed by atoms with Crippen LogP contribution in [0.2, 0.25) is 0 Å². The summed E-state index contributed by atoms with van der Waals surface area (Å²) >= 11 is 0. The summed E-state index contributed by atoms with van der Waals surface area (Å²) in [4.78, 5) is 23.7. The Morgan fingerprint density at radius 3 is 2.44 bits per heavy atom. The van der Waals surface area contributed by atoms with Gasteiger partial charge in [-0.1, -0.05) is 19.8 Å². The quantitative estimate of drug-likeness (QED) is 0.791. The molecule has 0 aromatic heterocycles. The van der Waals surface area contributed by atoms with Gasteiger partial charge in [-0.3, -0.25) is 14.5 Å². The minimum absolute atomic E-state index is 0. The molecule has 6 heteroatoms. The first-order chi connectivity index (χ1) is 7.99. The summed E-state index contributed by atoms with van der Waals surface area (Å²) in [7, 11) is 1.64. The average Bonchev–Trinajstić information content (AvgIpc) is 2.19. The fraction of sp³-hybridized carbons (Fsp3) is 0.833. The highest BCUT2D eigenvalue weighted by Gasteiger charge is 2.23. The number of rotatable bonds is 5. The van der Waals surface area contributed by atoms with Crippen LogP contribution < -0.4 is 5.32 Å². The van der Waals surface area contributed by atoms with E-state index in [1.807, 2.05) is 0 Å². The van der Waals surface area contributed by atoms with Gasteiger partial charge in [-0.15, -0.1) is 12.4 Å². The number of carbonyl (C=O) groups excluding carboxylic acids is 1. The lowest BCUT2D eigenvalue weighted by atomic mass is 9.86. The van der Waals surface area contributed by atoms with E-state index in [-0.39, 0.29) is 37.4 Å². The maximum absolute atomic E-state index is 11.7. The van der Waals surface area contributed by atoms with Crippen molar-refractivity contribution in [2.24, 2.45) is 5.92 Å². The highest BCUT2D eigenvalue weighted by atomic mass is 35.5. The van der Waals surface area contributed by atoms with Crippen molar-refractivity contribution in [1.29, 1.82) is 0 Å². The molecular formula is C12H23ClN2O3. The summed E-state index contributed by atoms with van der Waals surface area (Å²) in [5, 5.41) is 11.6. The van der Waals surface area contributed by atoms with Crippen molar-refractivity contribution in [2.75, 3.05) is 20.1 Å². The third-order valence-electron chi connectivity index (χ3n) is 3.28. The summed E-state index contributed by atoms with van der Waals surface area (Å²) in [5.74, 6) is -0.462. The summed E-state index contributed by atoms with van der Waals surface area (Å²) in [6.07, 6.45) is 4.61. The number of carbonyl (C=O) groups is 2. The molecule has 1 aliphatic rings. The molecule has 1 aliphatic carbocycles. The Bertz CT molecular complexity index is 286. The van der Waals surface area contributed by atoms with Gasteiger partial charge in [0, 0.05) is 6.04 Å². The van der Waals surface area contributed by atoms with Crippen LogP contribution in [0, 0.1) is 5.92 Å². The van der Waals surface area contributed by atoms with Gasteiger partial charge >= 0.3 is 5.97 Å². The molecule has 1 fully saturated rings. The van der Waals surface area contributed by atoms with Crippen molar-refractivity contribution in [2.45, 2.75) is 38.6 Å². The van der Waals surface area contributed by atoms with E-state index in [4.69, 9.17) is 5.11 Å². The molecule has 0 radical (unpaired) electrons. The molecule has 5 nitrogen and oxygen atoms in total. The zero-order valence-electron chi connectivity index (χ0n) is 11.0. The van der Waals surface area contributed by atoms with E-state index in [0.717, 1.165) is 12.8 Å². The predicted octanol–water partition coefficient (Wildman–Crippen LogP) is 1.12. The number of aliphatic carboxylic acids is 1. The zero-order chi connectivity index (χ0) is 12.8. The molecule has 0 aromatic carbocycles. The Balaban J connectivity index is 0.00000289. The van der Waals surface area contributed by atoms with Crippen molar-refractivity contribution in [3.63, 3.8) is 0 Å². The molecule has 0 saturated heterocycles. The fourth-order valence-electron chi connectivity index (χ4n) is 2.32. The lowest BCUT2D eigenvalue weighted by Gasteiger charge is -2.30. The largest absolute Gasteiger partial charge is 0.480 e. The Morgan fingerprint density at radius 1 is 1.28 bits per heavy atom. The maximum atomic E-state index is 11.7. The minimum Gasteiger partial charge on any atom is -0.480 e. The lowest BCUT2D eigenvalue weighted by Crippen LogP contribution is -2.45. The second-order valence-electron chi connectivity index (χ2n) is 5.00. The highest BCUT2D eigenvalue weighted by Crippen LogP contribution is 2.23. The molecule has 2 unspecified atom stereocenters. The number of hydrogen-bond donors (Lipinski definition) is 2. The first-order valence-electron chi connectivity index (χ1n) is 6.18. The van der Waals surface area contributed by atoms with Gasteiger partial charge in [-0.05, 0) is 25.8 Å². The van der Waals surface area contributed by atoms with Crippen LogP contribution in [0.4, 0.5) is 0 Å². The molecule has 0 spiro atoms. The molecule has 0 bridgehead atoms. The van der Waals surface area contributed by atoms with E-state index in [2.05, 4.69) is 12.2 Å². The predicted molar refractivity (Wildman–Crippen MR) is 71.9 cm³/mol. The Morgan fingerprint density at radius 2 is 1.89 bits per heavy atom. The third kappa shape index (κ3) is 6.21. The van der Waals surface area contributed by atoms with Crippen LogP contribution >= 0.6 is 12.4 Å². The van der Waals surface area contributed by atoms with Gasteiger partial charge < -0.3 is 10.4 Å². The van der Waals surface area contributed by atoms with Gasteiger partial charge in [0.15, 0.2) is 0 Å². The second kappa shape index (κ2) is 8.32. The number of nitrogens with one attached hydrogen (secondary N) is 1. The van der Waals surface area contributed by atoms with Gasteiger partial charge in [0.25, 0.3) is 0 Å². The highest BCUT2D eigenvalue weighted by molar-refractivity contribution is 5.85. The number of likely N-dealkylation sites (N-methyl/N-ethyl adjacent to an activating group) is 1. The number of amides is 1. The van der Waals surface area contributed by atoms with Crippen LogP contribution in [-0.2, 0) is 9.59 Å². The average molecular weight is 279 g/mol. The van der Waals surface area contributed by atoms with Gasteiger partial charge in [0.2, 0.25) is 5.91 Å². The van der Waals surface area contributed by atoms with Crippen molar-refractivity contribution in [1.82, 2.24) is 10.2 Å². The second-order valence-corrected chi connectivity index (χ2v) is 5.00. The zero-order valence-corrected chi connectivity index (χ0v) is 11.8. The van der Waals surface area contributed by atoms with E-state index in [1.54, 1.807) is 7.05 Å². The van der Waals surface area contributed by atoms with Gasteiger partial charge in [-0.25, -0.2) is 0 Å². The topological polar surface area (TPSA) is 69.6 Å². The van der Waals surface area contributed by atoms with Crippen LogP contribution in [0.5, 0.6) is 0 Å². The van der Waals surface area contributed by atoms with Crippen molar-refractivity contribution < 1.29 is 14.7 Å². The molecule has 0 heterocycles. The molecular weight excluding hydrogens is 256 g/mol. The summed E-state index contributed by atoms with van der Waals surface area (Å²) in [6, 6.07) is 0.259. The van der Waals surface area contributed by atoms with Crippen molar-refractivity contribution in [3.8, 4) is 0 Å². The van der Waals surface area contributed by atoms with E-state index in [0.29, 0.717) is 5.92 Å². The SMILES string of the molecule is CC1CCCCC1NC(=O)CN(C)CC(=O)O.Cl. The van der Waals surface area contributed by atoms with Crippen LogP contribution in [0.1, 0.15) is 32.6 Å². The third-order valence-corrected chi connectivity index (χ3v) is 3.28. The van der Waals surface area contributed by atoms with Gasteiger partial charge in [0.05, 0.1) is 13.1 Å². The number of halogens is 1. The molecule has 2 atom stereocenters. The Kier molecular flexibility index (Phi) is 7.95. The summed E-state index contributed by atoms with van der Waals surface area (Å²) in [6.45, 7) is 2.20. The standard InChI is InChI=1S/C12H22N2O3.ClH/c1-9-5-3-4-6-10(9)13-11(15)7-14(2)8-12(16)17;/h9-10H,3-8H2,1-2H3,(H,13,15)(H,16,17);1H. The van der Waals surface area contributed by atoms with Crippen molar-refractivity contribution >= 4 is 24.3 Å². The van der Waals surface area contributed by atoms with E-state index in [1.165, 1.54) is 17.7 Å². The maximum Gasteiger partial charge on any atom is 0.317 e. The molecule has 1 saturated carbocycles. The molecule has 2 N–H and O–H groups in total. The van der Waals surface area contributed by atoms with E-state index < -0.39 is 5.97 Å². The summed E-state index contributed by atoms with van der Waals surface area (Å²) < 4.78 is 0. The number of nitrogens with zero attached hydrogens (tertiary/aromatic N) is 1. The smallest absolute Gasteiger partial charge is 0.317 e. The first-order valence-corrected chi connectivity index (χ1v) is 6.18. The van der Waals surface area contributed by atoms with Crippen LogP contribution in [0.3, 0.4) is 0 Å². The number of carboxylic acids is 1. The molecule has 106 valence electrons. The molecule has 18 heavy (non-hydrogen) atoms. The van der Waals surface area contributed by atoms with Gasteiger partial charge in [0.1, 0.15) is 0 Å². The normalized spacial score (nSPS) is 23.3. The monoisotopic (exact) mass is 278 g/mol. The lowest BCUT2D eigenvalue weighted by molar-refractivity contribution is -0.138. The minimum atomic E-state index is -0.911. The molecule has 0 aromatic rings. The van der Waals surface area contributed by atoms with Crippen LogP contribution in [0.25, 0.3) is 0 Å². The van der Waals surface area contributed by atoms with Gasteiger partial charge in [-0.2, -0.15) is 0 Å². The fourth-order valence-corrected chi connectivity index (χ4v) is 2.32. The van der Waals surface area contributed by atoms with Crippen molar-refractivity contribution in [3.05, 3.63) is 0 Å². The Labute approximate surface area is 114 Å². The first kappa shape index (κ1) is 17.2.